The van der Waals surface area contributed by atoms with Gasteiger partial charge >= 0.3 is 5.97 Å². The van der Waals surface area contributed by atoms with Crippen LogP contribution in [0.3, 0.4) is 0 Å². The van der Waals surface area contributed by atoms with Gasteiger partial charge in [0.15, 0.2) is 12.1 Å². The van der Waals surface area contributed by atoms with Crippen LogP contribution in [0.1, 0.15) is 63.4 Å². The fourth-order valence-corrected chi connectivity index (χ4v) is 4.46. The highest BCUT2D eigenvalue weighted by atomic mass is 16.7. The number of methoxy groups -OCH3 is 1. The largest absolute Gasteiger partial charge is 0.469 e. The number of allylic oxidation sites excluding steroid dienone is 1. The average molecular weight is 445 g/mol. The molecule has 2 fully saturated rings. The Bertz CT molecular complexity index is 740. The van der Waals surface area contributed by atoms with Crippen LogP contribution in [-0.4, -0.2) is 44.0 Å². The predicted octanol–water partition coefficient (Wildman–Crippen LogP) is 4.75. The second-order valence-corrected chi connectivity index (χ2v) is 8.61. The number of hydrogen-bond acceptors (Lipinski definition) is 6. The first-order chi connectivity index (χ1) is 15.6. The summed E-state index contributed by atoms with van der Waals surface area (Å²) in [5.41, 5.74) is 0.210. The molecule has 1 heterocycles. The summed E-state index contributed by atoms with van der Waals surface area (Å²) in [6.07, 6.45) is 10.3. The van der Waals surface area contributed by atoms with Gasteiger partial charge in [-0.1, -0.05) is 42.5 Å². The van der Waals surface area contributed by atoms with Crippen LogP contribution in [0.15, 0.2) is 42.5 Å². The third-order valence-corrected chi connectivity index (χ3v) is 6.33. The van der Waals surface area contributed by atoms with Gasteiger partial charge in [0.25, 0.3) is 0 Å². The summed E-state index contributed by atoms with van der Waals surface area (Å²) in [6.45, 7) is 1.67. The Balaban J connectivity index is 1.62. The Morgan fingerprint density at radius 3 is 2.78 bits per heavy atom. The zero-order valence-corrected chi connectivity index (χ0v) is 19.1. The molecule has 32 heavy (non-hydrogen) atoms. The van der Waals surface area contributed by atoms with Crippen LogP contribution < -0.4 is 0 Å². The quantitative estimate of drug-likeness (QED) is 0.263. The minimum atomic E-state index is -0.905. The first-order valence-corrected chi connectivity index (χ1v) is 11.8. The Hall–Kier alpha value is -2.02. The van der Waals surface area contributed by atoms with E-state index < -0.39 is 5.60 Å². The van der Waals surface area contributed by atoms with E-state index in [-0.39, 0.29) is 24.0 Å². The summed E-state index contributed by atoms with van der Waals surface area (Å²) in [6, 6.07) is 10.1. The van der Waals surface area contributed by atoms with Gasteiger partial charge in [0.2, 0.25) is 0 Å². The molecule has 0 N–H and O–H groups in total. The number of ketones is 1. The van der Waals surface area contributed by atoms with Crippen molar-refractivity contribution in [3.8, 4) is 0 Å². The summed E-state index contributed by atoms with van der Waals surface area (Å²) in [4.78, 5) is 24.4. The number of ether oxygens (including phenoxy) is 4. The molecule has 0 bridgehead atoms. The zero-order valence-electron chi connectivity index (χ0n) is 19.1. The van der Waals surface area contributed by atoms with Gasteiger partial charge in [-0.3, -0.25) is 9.59 Å². The van der Waals surface area contributed by atoms with Gasteiger partial charge < -0.3 is 18.9 Å². The van der Waals surface area contributed by atoms with Crippen LogP contribution in [0.4, 0.5) is 0 Å². The molecule has 6 nitrogen and oxygen atoms in total. The number of esters is 1. The van der Waals surface area contributed by atoms with E-state index >= 15 is 0 Å². The van der Waals surface area contributed by atoms with E-state index in [1.807, 2.05) is 42.5 Å². The van der Waals surface area contributed by atoms with E-state index in [2.05, 4.69) is 4.74 Å². The Morgan fingerprint density at radius 2 is 2.03 bits per heavy atom. The minimum absolute atomic E-state index is 0.0102. The lowest BCUT2D eigenvalue weighted by Gasteiger charge is -2.37. The highest BCUT2D eigenvalue weighted by Crippen LogP contribution is 2.41. The first-order valence-electron chi connectivity index (χ1n) is 11.8. The highest BCUT2D eigenvalue weighted by Gasteiger charge is 2.51. The standard InChI is InChI=1S/C26H36O6/c1-29-24(28)13-7-2-3-9-17-26(32-25-14-8-10-18-31-25)22(15-16-23(26)27)20-30-19-21-11-5-4-6-12-21/h3-6,9,11-12,22,25H,2,7-8,10,13-20H2,1H3/b9-3-. The molecule has 0 amide bonds. The molecule has 1 saturated carbocycles. The number of Topliss-reactive ketones (excluding diaryl/α,β-unsaturated/α-hetero) is 1. The molecule has 1 aromatic carbocycles. The van der Waals surface area contributed by atoms with Crippen molar-refractivity contribution >= 4 is 11.8 Å². The first kappa shape index (κ1) is 24.6. The molecule has 1 saturated heterocycles. The maximum absolute atomic E-state index is 13.1. The number of carbonyl (C=O) groups is 2. The molecular formula is C26H36O6. The van der Waals surface area contributed by atoms with Gasteiger partial charge in [-0.25, -0.2) is 0 Å². The van der Waals surface area contributed by atoms with E-state index in [0.29, 0.717) is 39.1 Å². The molecule has 1 aliphatic carbocycles. The summed E-state index contributed by atoms with van der Waals surface area (Å²) < 4.78 is 23.0. The molecule has 0 aromatic heterocycles. The maximum Gasteiger partial charge on any atom is 0.305 e. The van der Waals surface area contributed by atoms with E-state index in [1.165, 1.54) is 7.11 Å². The van der Waals surface area contributed by atoms with Gasteiger partial charge in [-0.2, -0.15) is 0 Å². The van der Waals surface area contributed by atoms with Gasteiger partial charge in [0.05, 0.1) is 20.3 Å². The lowest BCUT2D eigenvalue weighted by Crippen LogP contribution is -2.48. The van der Waals surface area contributed by atoms with Gasteiger partial charge in [-0.05, 0) is 44.1 Å². The van der Waals surface area contributed by atoms with Crippen molar-refractivity contribution in [3.05, 3.63) is 48.0 Å². The molecule has 6 heteroatoms. The number of hydrogen-bond donors (Lipinski definition) is 0. The summed E-state index contributed by atoms with van der Waals surface area (Å²) >= 11 is 0. The van der Waals surface area contributed by atoms with Crippen molar-refractivity contribution in [1.82, 2.24) is 0 Å². The minimum Gasteiger partial charge on any atom is -0.469 e. The third-order valence-electron chi connectivity index (χ3n) is 6.33. The maximum atomic E-state index is 13.1. The van der Waals surface area contributed by atoms with Crippen LogP contribution in [0.25, 0.3) is 0 Å². The Kier molecular flexibility index (Phi) is 9.90. The number of benzene rings is 1. The van der Waals surface area contributed by atoms with E-state index in [1.54, 1.807) is 0 Å². The van der Waals surface area contributed by atoms with Crippen LogP contribution in [0.2, 0.25) is 0 Å². The van der Waals surface area contributed by atoms with Crippen molar-refractivity contribution in [1.29, 1.82) is 0 Å². The van der Waals surface area contributed by atoms with Crippen LogP contribution >= 0.6 is 0 Å². The third kappa shape index (κ3) is 6.99. The Morgan fingerprint density at radius 1 is 1.19 bits per heavy atom. The summed E-state index contributed by atoms with van der Waals surface area (Å²) in [5.74, 6) is -0.0718. The van der Waals surface area contributed by atoms with Crippen LogP contribution in [-0.2, 0) is 35.1 Å². The highest BCUT2D eigenvalue weighted by molar-refractivity contribution is 5.90. The van der Waals surface area contributed by atoms with Gasteiger partial charge in [0, 0.05) is 31.8 Å². The van der Waals surface area contributed by atoms with Crippen LogP contribution in [0.5, 0.6) is 0 Å². The normalized spacial score (nSPS) is 26.0. The lowest BCUT2D eigenvalue weighted by molar-refractivity contribution is -0.232. The summed E-state index contributed by atoms with van der Waals surface area (Å²) in [5, 5.41) is 0. The monoisotopic (exact) mass is 444 g/mol. The fraction of sp³-hybridized carbons (Fsp3) is 0.615. The predicted molar refractivity (Wildman–Crippen MR) is 121 cm³/mol. The molecule has 1 aliphatic heterocycles. The molecule has 0 radical (unpaired) electrons. The zero-order chi connectivity index (χ0) is 22.7. The second kappa shape index (κ2) is 12.9. The molecule has 2 aliphatic rings. The van der Waals surface area contributed by atoms with Gasteiger partial charge in [0.1, 0.15) is 5.60 Å². The molecule has 3 unspecified atom stereocenters. The van der Waals surface area contributed by atoms with Crippen molar-refractivity contribution in [2.24, 2.45) is 5.92 Å². The molecular weight excluding hydrogens is 408 g/mol. The molecule has 3 rings (SSSR count). The van der Waals surface area contributed by atoms with E-state index in [0.717, 1.165) is 44.1 Å². The SMILES string of the molecule is COC(=O)CCC/C=C\CC1(OC2CCCCO2)C(=O)CCC1COCc1ccccc1. The number of rotatable bonds is 12. The Labute approximate surface area is 191 Å². The van der Waals surface area contributed by atoms with Gasteiger partial charge in [-0.15, -0.1) is 0 Å². The average Bonchev–Trinajstić information content (AvgIpc) is 3.12. The number of unbranched alkanes of at least 4 members (excludes halogenated alkanes) is 1. The van der Waals surface area contributed by atoms with Crippen molar-refractivity contribution in [2.75, 3.05) is 20.3 Å². The fourth-order valence-electron chi connectivity index (χ4n) is 4.46. The molecule has 176 valence electrons. The molecule has 3 atom stereocenters. The number of carbonyl (C=O) groups excluding carboxylic acids is 2. The van der Waals surface area contributed by atoms with E-state index in [4.69, 9.17) is 14.2 Å². The second-order valence-electron chi connectivity index (χ2n) is 8.61. The van der Waals surface area contributed by atoms with Crippen molar-refractivity contribution in [2.45, 2.75) is 76.3 Å². The van der Waals surface area contributed by atoms with Crippen molar-refractivity contribution in [3.63, 3.8) is 0 Å². The topological polar surface area (TPSA) is 71.1 Å². The van der Waals surface area contributed by atoms with E-state index in [9.17, 15) is 9.59 Å². The molecule has 1 aromatic rings. The lowest BCUT2D eigenvalue weighted by atomic mass is 9.86. The summed E-state index contributed by atoms with van der Waals surface area (Å²) in [7, 11) is 1.40. The van der Waals surface area contributed by atoms with Crippen LogP contribution in [0, 0.1) is 5.92 Å². The smallest absolute Gasteiger partial charge is 0.305 e. The van der Waals surface area contributed by atoms with Crippen molar-refractivity contribution < 1.29 is 28.5 Å². The molecule has 0 spiro atoms.